The second-order valence-electron chi connectivity index (χ2n) is 6.85. The zero-order valence-corrected chi connectivity index (χ0v) is 13.6. The van der Waals surface area contributed by atoms with Gasteiger partial charge in [-0.25, -0.2) is 8.78 Å². The first kappa shape index (κ1) is 15.7. The maximum Gasteiger partial charge on any atom is 0.144 e. The van der Waals surface area contributed by atoms with E-state index in [1.807, 2.05) is 12.1 Å². The first-order valence-corrected chi connectivity index (χ1v) is 8.70. The van der Waals surface area contributed by atoms with Crippen molar-refractivity contribution in [2.75, 3.05) is 13.2 Å². The maximum absolute atomic E-state index is 13.4. The molecule has 4 atom stereocenters. The molecule has 4 unspecified atom stereocenters. The minimum absolute atomic E-state index is 0.120. The van der Waals surface area contributed by atoms with Crippen molar-refractivity contribution in [3.8, 4) is 0 Å². The minimum atomic E-state index is -0.240. The van der Waals surface area contributed by atoms with Crippen LogP contribution in [0.2, 0.25) is 0 Å². The summed E-state index contributed by atoms with van der Waals surface area (Å²) in [4.78, 5) is 1.52. The number of piperidine rings is 1. The van der Waals surface area contributed by atoms with Crippen LogP contribution in [0.5, 0.6) is 0 Å². The molecule has 2 aliphatic rings. The van der Waals surface area contributed by atoms with E-state index < -0.39 is 0 Å². The fourth-order valence-electron chi connectivity index (χ4n) is 4.22. The highest BCUT2D eigenvalue weighted by Crippen LogP contribution is 2.34. The molecule has 0 radical (unpaired) electrons. The van der Waals surface area contributed by atoms with Crippen molar-refractivity contribution in [2.45, 2.75) is 37.5 Å². The Hall–Kier alpha value is -1.78. The highest BCUT2D eigenvalue weighted by molar-refractivity contribution is 5.26. The van der Waals surface area contributed by atoms with Gasteiger partial charge >= 0.3 is 0 Å². The molecule has 4 rings (SSSR count). The third-order valence-electron chi connectivity index (χ3n) is 5.40. The van der Waals surface area contributed by atoms with Gasteiger partial charge in [0.15, 0.2) is 0 Å². The summed E-state index contributed by atoms with van der Waals surface area (Å²) < 4.78 is 32.9. The molecule has 2 aromatic carbocycles. The fourth-order valence-corrected chi connectivity index (χ4v) is 4.22. The predicted octanol–water partition coefficient (Wildman–Crippen LogP) is 3.21. The third-order valence-corrected chi connectivity index (χ3v) is 5.40. The van der Waals surface area contributed by atoms with Crippen molar-refractivity contribution >= 4 is 0 Å². The van der Waals surface area contributed by atoms with Crippen molar-refractivity contribution in [2.24, 2.45) is 0 Å². The highest BCUT2D eigenvalue weighted by Gasteiger charge is 2.44. The van der Waals surface area contributed by atoms with Crippen LogP contribution in [0.1, 0.15) is 42.5 Å². The van der Waals surface area contributed by atoms with Gasteiger partial charge < -0.3 is 9.64 Å². The quantitative estimate of drug-likeness (QED) is 0.893. The molecule has 2 heterocycles. The number of hydrogen-bond donors (Lipinski definition) is 1. The van der Waals surface area contributed by atoms with Crippen molar-refractivity contribution in [1.82, 2.24) is 0 Å². The summed E-state index contributed by atoms with van der Waals surface area (Å²) in [7, 11) is 0. The van der Waals surface area contributed by atoms with Crippen LogP contribution in [0, 0.1) is 11.6 Å². The first-order valence-electron chi connectivity index (χ1n) is 8.70. The Labute approximate surface area is 141 Å². The minimum Gasteiger partial charge on any atom is -0.361 e. The van der Waals surface area contributed by atoms with Crippen LogP contribution in [0.15, 0.2) is 48.5 Å². The number of benzene rings is 2. The normalized spacial score (nSPS) is 29.9. The van der Waals surface area contributed by atoms with Gasteiger partial charge in [0.2, 0.25) is 0 Å². The molecule has 1 N–H and O–H groups in total. The zero-order valence-electron chi connectivity index (χ0n) is 13.6. The summed E-state index contributed by atoms with van der Waals surface area (Å²) in [6, 6.07) is 14.0. The highest BCUT2D eigenvalue weighted by atomic mass is 19.1. The van der Waals surface area contributed by atoms with Crippen molar-refractivity contribution in [3.63, 3.8) is 0 Å². The van der Waals surface area contributed by atoms with Crippen LogP contribution in [0.3, 0.4) is 0 Å². The van der Waals surface area contributed by atoms with Gasteiger partial charge in [-0.05, 0) is 42.7 Å². The van der Waals surface area contributed by atoms with Gasteiger partial charge in [-0.3, -0.25) is 0 Å². The van der Waals surface area contributed by atoms with Crippen LogP contribution in [0.4, 0.5) is 8.78 Å². The van der Waals surface area contributed by atoms with Gasteiger partial charge in [0.1, 0.15) is 29.8 Å². The van der Waals surface area contributed by atoms with E-state index in [1.165, 1.54) is 48.4 Å². The van der Waals surface area contributed by atoms with Gasteiger partial charge in [0, 0.05) is 12.0 Å². The van der Waals surface area contributed by atoms with E-state index in [0.29, 0.717) is 6.04 Å². The molecular formula is C20H22F2NO+. The SMILES string of the molecule is Fc1ccc(C2OCC3CCCC[NH+]3C2c2ccc(F)cc2)cc1. The molecule has 0 spiro atoms. The number of ether oxygens (including phenoxy) is 1. The third kappa shape index (κ3) is 2.96. The molecule has 0 amide bonds. The molecule has 0 aromatic heterocycles. The van der Waals surface area contributed by atoms with E-state index in [-0.39, 0.29) is 23.8 Å². The second kappa shape index (κ2) is 6.61. The average molecular weight is 330 g/mol. The summed E-state index contributed by atoms with van der Waals surface area (Å²) in [5.41, 5.74) is 2.08. The fraction of sp³-hybridized carbons (Fsp3) is 0.400. The van der Waals surface area contributed by atoms with E-state index >= 15 is 0 Å². The molecular weight excluding hydrogens is 308 g/mol. The lowest BCUT2D eigenvalue weighted by atomic mass is 9.88. The Balaban J connectivity index is 1.73. The number of quaternary nitrogens is 1. The molecule has 24 heavy (non-hydrogen) atoms. The Morgan fingerprint density at radius 3 is 2.12 bits per heavy atom. The van der Waals surface area contributed by atoms with Crippen LogP contribution < -0.4 is 4.90 Å². The topological polar surface area (TPSA) is 13.7 Å². The molecule has 0 aliphatic carbocycles. The summed E-state index contributed by atoms with van der Waals surface area (Å²) in [6.45, 7) is 1.84. The first-order chi connectivity index (χ1) is 11.7. The average Bonchev–Trinajstić information content (AvgIpc) is 2.62. The van der Waals surface area contributed by atoms with Gasteiger partial charge in [-0.2, -0.15) is 0 Å². The standard InChI is InChI=1S/C20H21F2NO/c21-16-8-4-14(5-9-16)19-20(15-6-10-17(22)11-7-15)24-13-18-3-1-2-12-23(18)19/h4-11,18-20H,1-3,12-13H2/p+1. The summed E-state index contributed by atoms with van der Waals surface area (Å²) >= 11 is 0. The molecule has 126 valence electrons. The van der Waals surface area contributed by atoms with Gasteiger partial charge in [0.05, 0.1) is 13.2 Å². The van der Waals surface area contributed by atoms with Gasteiger partial charge in [-0.1, -0.05) is 24.3 Å². The molecule has 0 bridgehead atoms. The summed E-state index contributed by atoms with van der Waals surface area (Å²) in [5, 5.41) is 0. The zero-order chi connectivity index (χ0) is 16.5. The number of halogens is 2. The van der Waals surface area contributed by atoms with Gasteiger partial charge in [-0.15, -0.1) is 0 Å². The second-order valence-corrected chi connectivity index (χ2v) is 6.85. The van der Waals surface area contributed by atoms with Crippen LogP contribution in [-0.2, 0) is 4.74 Å². The van der Waals surface area contributed by atoms with Crippen LogP contribution in [0.25, 0.3) is 0 Å². The van der Waals surface area contributed by atoms with E-state index in [0.717, 1.165) is 24.3 Å². The smallest absolute Gasteiger partial charge is 0.144 e. The Bertz CT molecular complexity index is 686. The summed E-state index contributed by atoms with van der Waals surface area (Å²) in [6.07, 6.45) is 3.50. The Kier molecular flexibility index (Phi) is 4.33. The number of nitrogens with one attached hydrogen (secondary N) is 1. The Morgan fingerprint density at radius 2 is 1.46 bits per heavy atom. The summed E-state index contributed by atoms with van der Waals surface area (Å²) in [5.74, 6) is -0.463. The molecule has 2 aliphatic heterocycles. The molecule has 2 aromatic rings. The molecule has 2 saturated heterocycles. The number of rotatable bonds is 2. The number of morpholine rings is 1. The van der Waals surface area contributed by atoms with E-state index in [2.05, 4.69) is 0 Å². The van der Waals surface area contributed by atoms with Crippen molar-refractivity contribution < 1.29 is 18.4 Å². The number of fused-ring (bicyclic) bond motifs is 1. The van der Waals surface area contributed by atoms with Crippen molar-refractivity contribution in [3.05, 3.63) is 71.3 Å². The molecule has 2 nitrogen and oxygen atoms in total. The van der Waals surface area contributed by atoms with E-state index in [9.17, 15) is 8.78 Å². The molecule has 0 saturated carbocycles. The van der Waals surface area contributed by atoms with E-state index in [1.54, 1.807) is 12.1 Å². The van der Waals surface area contributed by atoms with Crippen LogP contribution >= 0.6 is 0 Å². The Morgan fingerprint density at radius 1 is 0.833 bits per heavy atom. The maximum atomic E-state index is 13.4. The van der Waals surface area contributed by atoms with Gasteiger partial charge in [0.25, 0.3) is 0 Å². The van der Waals surface area contributed by atoms with Crippen LogP contribution in [-0.4, -0.2) is 19.2 Å². The predicted molar refractivity (Wildman–Crippen MR) is 87.7 cm³/mol. The molecule has 2 fully saturated rings. The van der Waals surface area contributed by atoms with Crippen molar-refractivity contribution in [1.29, 1.82) is 0 Å². The number of hydrogen-bond acceptors (Lipinski definition) is 1. The molecule has 4 heteroatoms. The lowest BCUT2D eigenvalue weighted by molar-refractivity contribution is -0.974. The largest absolute Gasteiger partial charge is 0.361 e. The lowest BCUT2D eigenvalue weighted by Gasteiger charge is -2.45. The monoisotopic (exact) mass is 330 g/mol. The van der Waals surface area contributed by atoms with E-state index in [4.69, 9.17) is 4.74 Å². The lowest BCUT2D eigenvalue weighted by Crippen LogP contribution is -3.18.